The molecular weight excluding hydrogens is 408 g/mol. The summed E-state index contributed by atoms with van der Waals surface area (Å²) in [5, 5.41) is 13.5. The Morgan fingerprint density at radius 3 is 1.62 bits per heavy atom. The first-order valence-electron chi connectivity index (χ1n) is 9.63. The third-order valence-corrected chi connectivity index (χ3v) is 4.38. The van der Waals surface area contributed by atoms with Crippen molar-refractivity contribution in [2.45, 2.75) is 0 Å². The zero-order valence-corrected chi connectivity index (χ0v) is 16.8. The maximum Gasteiger partial charge on any atom is 0.252 e. The van der Waals surface area contributed by atoms with Crippen molar-refractivity contribution in [2.75, 3.05) is 13.1 Å². The lowest BCUT2D eigenvalue weighted by Crippen LogP contribution is -2.25. The van der Waals surface area contributed by atoms with Crippen molar-refractivity contribution in [1.29, 1.82) is 0 Å². The van der Waals surface area contributed by atoms with Gasteiger partial charge in [0.25, 0.3) is 11.8 Å². The Hall–Kier alpha value is -4.78. The number of nitrogens with one attached hydrogen (secondary N) is 2. The predicted molar refractivity (Wildman–Crippen MR) is 115 cm³/mol. The molecule has 2 amide bonds. The van der Waals surface area contributed by atoms with Crippen molar-refractivity contribution >= 4 is 11.8 Å². The smallest absolute Gasteiger partial charge is 0.252 e. The Bertz CT molecular complexity index is 1170. The summed E-state index contributed by atoms with van der Waals surface area (Å²) < 4.78 is 3.14. The number of benzene rings is 2. The first-order chi connectivity index (χ1) is 15.7. The Morgan fingerprint density at radius 2 is 1.22 bits per heavy atom. The maximum atomic E-state index is 12.3. The summed E-state index contributed by atoms with van der Waals surface area (Å²) in [7, 11) is 0. The summed E-state index contributed by atoms with van der Waals surface area (Å²) in [6.07, 6.45) is 5.97. The highest BCUT2D eigenvalue weighted by molar-refractivity contribution is 5.95. The summed E-state index contributed by atoms with van der Waals surface area (Å²) >= 11 is 0. The van der Waals surface area contributed by atoms with Crippen LogP contribution in [0.5, 0.6) is 0 Å². The molecule has 10 nitrogen and oxygen atoms in total. The molecule has 0 atom stereocenters. The van der Waals surface area contributed by atoms with Gasteiger partial charge in [-0.1, -0.05) is 24.0 Å². The topological polar surface area (TPSA) is 120 Å². The van der Waals surface area contributed by atoms with Crippen molar-refractivity contribution < 1.29 is 9.59 Å². The van der Waals surface area contributed by atoms with Gasteiger partial charge >= 0.3 is 0 Å². The van der Waals surface area contributed by atoms with Gasteiger partial charge in [0.05, 0.1) is 24.5 Å². The van der Waals surface area contributed by atoms with E-state index in [4.69, 9.17) is 0 Å². The summed E-state index contributed by atoms with van der Waals surface area (Å²) in [5.41, 5.74) is 2.44. The number of nitrogens with zero attached hydrogens (tertiary/aromatic N) is 6. The molecule has 2 N–H and O–H groups in total. The lowest BCUT2D eigenvalue weighted by Gasteiger charge is -2.05. The number of carbonyl (C=O) groups excluding carboxylic acids is 2. The molecule has 10 heteroatoms. The van der Waals surface area contributed by atoms with E-state index in [2.05, 4.69) is 42.6 Å². The van der Waals surface area contributed by atoms with Crippen LogP contribution in [0.15, 0.2) is 73.8 Å². The Labute approximate surface area is 183 Å². The van der Waals surface area contributed by atoms with Crippen LogP contribution in [-0.2, 0) is 0 Å². The molecular formula is C22H18N8O2. The lowest BCUT2D eigenvalue weighted by atomic mass is 10.2. The van der Waals surface area contributed by atoms with Gasteiger partial charge < -0.3 is 10.6 Å². The van der Waals surface area contributed by atoms with Crippen LogP contribution in [0.4, 0.5) is 0 Å². The minimum Gasteiger partial charge on any atom is -0.341 e. The molecule has 0 aliphatic rings. The highest BCUT2D eigenvalue weighted by Crippen LogP contribution is 2.09. The van der Waals surface area contributed by atoms with E-state index >= 15 is 0 Å². The molecule has 32 heavy (non-hydrogen) atoms. The van der Waals surface area contributed by atoms with Crippen LogP contribution in [0.25, 0.3) is 11.4 Å². The standard InChI is InChI=1S/C22H18N8O2/c31-21(17-5-3-7-19(11-17)29-15-23-13-27-29)25-9-1-2-10-26-22(32)18-6-4-8-20(12-18)30-16-24-14-28-30/h3-8,11-16H,9-10H2,(H,25,31)(H,26,32). The fourth-order valence-electron chi connectivity index (χ4n) is 2.84. The van der Waals surface area contributed by atoms with Crippen LogP contribution < -0.4 is 10.6 Å². The third kappa shape index (κ3) is 5.03. The van der Waals surface area contributed by atoms with Crippen LogP contribution >= 0.6 is 0 Å². The Kier molecular flexibility index (Phi) is 6.29. The van der Waals surface area contributed by atoms with Crippen molar-refractivity contribution in [1.82, 2.24) is 40.2 Å². The molecule has 0 saturated heterocycles. The second kappa shape index (κ2) is 9.82. The molecule has 0 fully saturated rings. The van der Waals surface area contributed by atoms with Crippen molar-refractivity contribution in [2.24, 2.45) is 0 Å². The first kappa shape index (κ1) is 20.5. The second-order valence-corrected chi connectivity index (χ2v) is 6.50. The van der Waals surface area contributed by atoms with Gasteiger partial charge in [-0.2, -0.15) is 10.2 Å². The van der Waals surface area contributed by atoms with Crippen LogP contribution in [-0.4, -0.2) is 54.4 Å². The van der Waals surface area contributed by atoms with Gasteiger partial charge in [0, 0.05) is 11.1 Å². The summed E-state index contributed by atoms with van der Waals surface area (Å²) in [4.78, 5) is 32.4. The van der Waals surface area contributed by atoms with Crippen LogP contribution in [0.3, 0.4) is 0 Å². The van der Waals surface area contributed by atoms with Gasteiger partial charge in [-0.25, -0.2) is 19.3 Å². The highest BCUT2D eigenvalue weighted by Gasteiger charge is 2.07. The van der Waals surface area contributed by atoms with E-state index in [1.54, 1.807) is 58.4 Å². The fourth-order valence-corrected chi connectivity index (χ4v) is 2.84. The van der Waals surface area contributed by atoms with Gasteiger partial charge in [0.15, 0.2) is 0 Å². The average molecular weight is 426 g/mol. The quantitative estimate of drug-likeness (QED) is 0.444. The molecule has 2 aromatic carbocycles. The van der Waals surface area contributed by atoms with Gasteiger partial charge in [-0.3, -0.25) is 9.59 Å². The zero-order valence-electron chi connectivity index (χ0n) is 16.8. The van der Waals surface area contributed by atoms with E-state index in [1.807, 2.05) is 12.1 Å². The molecule has 0 spiro atoms. The monoisotopic (exact) mass is 426 g/mol. The van der Waals surface area contributed by atoms with Crippen molar-refractivity contribution in [3.63, 3.8) is 0 Å². The highest BCUT2D eigenvalue weighted by atomic mass is 16.2. The average Bonchev–Trinajstić information content (AvgIpc) is 3.56. The molecule has 0 unspecified atom stereocenters. The predicted octanol–water partition coefficient (Wildman–Crippen LogP) is 1.01. The number of carbonyl (C=O) groups is 2. The van der Waals surface area contributed by atoms with Gasteiger partial charge in [0.2, 0.25) is 0 Å². The fraction of sp³-hybridized carbons (Fsp3) is 0.0909. The summed E-state index contributed by atoms with van der Waals surface area (Å²) in [6.45, 7) is 0.314. The first-order valence-corrected chi connectivity index (χ1v) is 9.63. The molecule has 0 saturated carbocycles. The van der Waals surface area contributed by atoms with Crippen LogP contribution in [0.1, 0.15) is 20.7 Å². The summed E-state index contributed by atoms with van der Waals surface area (Å²) in [5.74, 6) is 5.14. The SMILES string of the molecule is O=C(NCC#CCNC(=O)c1cccc(-n2cncn2)c1)c1cccc(-n2cncn2)c1. The number of hydrogen-bond donors (Lipinski definition) is 2. The van der Waals surface area contributed by atoms with E-state index < -0.39 is 0 Å². The number of rotatable bonds is 6. The minimum absolute atomic E-state index is 0.157. The Morgan fingerprint density at radius 1 is 0.750 bits per heavy atom. The normalized spacial score (nSPS) is 10.1. The van der Waals surface area contributed by atoms with Crippen molar-refractivity contribution in [3.05, 3.63) is 85.0 Å². The van der Waals surface area contributed by atoms with Gasteiger partial charge in [-0.15, -0.1) is 0 Å². The largest absolute Gasteiger partial charge is 0.341 e. The molecule has 4 rings (SSSR count). The van der Waals surface area contributed by atoms with E-state index in [0.717, 1.165) is 11.4 Å². The van der Waals surface area contributed by atoms with Crippen molar-refractivity contribution in [3.8, 4) is 23.2 Å². The van der Waals surface area contributed by atoms with E-state index in [0.29, 0.717) is 11.1 Å². The van der Waals surface area contributed by atoms with Crippen LogP contribution in [0.2, 0.25) is 0 Å². The molecule has 2 aromatic heterocycles. The minimum atomic E-state index is -0.254. The van der Waals surface area contributed by atoms with Gasteiger partial charge in [-0.05, 0) is 36.4 Å². The molecule has 0 bridgehead atoms. The number of aromatic nitrogens is 6. The number of hydrogen-bond acceptors (Lipinski definition) is 6. The lowest BCUT2D eigenvalue weighted by molar-refractivity contribution is 0.0949. The maximum absolute atomic E-state index is 12.3. The van der Waals surface area contributed by atoms with Crippen LogP contribution in [0, 0.1) is 11.8 Å². The summed E-state index contributed by atoms with van der Waals surface area (Å²) in [6, 6.07) is 14.0. The molecule has 0 radical (unpaired) electrons. The number of amides is 2. The van der Waals surface area contributed by atoms with E-state index in [1.165, 1.54) is 12.7 Å². The Balaban J connectivity index is 1.25. The molecule has 4 aromatic rings. The molecule has 158 valence electrons. The van der Waals surface area contributed by atoms with E-state index in [9.17, 15) is 9.59 Å². The van der Waals surface area contributed by atoms with E-state index in [-0.39, 0.29) is 24.9 Å². The molecule has 0 aliphatic heterocycles. The second-order valence-electron chi connectivity index (χ2n) is 6.50. The zero-order chi connectivity index (χ0) is 22.2. The molecule has 0 aliphatic carbocycles. The molecule has 2 heterocycles. The van der Waals surface area contributed by atoms with Gasteiger partial charge in [0.1, 0.15) is 25.3 Å². The third-order valence-electron chi connectivity index (χ3n) is 4.38.